The molecule has 0 aromatic carbocycles. The molecule has 2 heterocycles. The summed E-state index contributed by atoms with van der Waals surface area (Å²) in [5.74, 6) is 1.03. The molecule has 7 heteroatoms. The Bertz CT molecular complexity index is 697. The van der Waals surface area contributed by atoms with E-state index in [1.165, 1.54) is 32.1 Å². The molecule has 1 saturated carbocycles. The van der Waals surface area contributed by atoms with Crippen LogP contribution in [0, 0.1) is 0 Å². The first-order valence-electron chi connectivity index (χ1n) is 9.92. The molecule has 0 unspecified atom stereocenters. The first kappa shape index (κ1) is 19.5. The van der Waals surface area contributed by atoms with E-state index in [-0.39, 0.29) is 5.91 Å². The summed E-state index contributed by atoms with van der Waals surface area (Å²) in [6, 6.07) is 4.37. The first-order valence-corrected chi connectivity index (χ1v) is 9.92. The Labute approximate surface area is 160 Å². The Morgan fingerprint density at radius 3 is 2.81 bits per heavy atom. The summed E-state index contributed by atoms with van der Waals surface area (Å²) in [5.41, 5.74) is 0.853. The molecule has 0 bridgehead atoms. The van der Waals surface area contributed by atoms with E-state index < -0.39 is 0 Å². The number of amides is 1. The largest absolute Gasteiger partial charge is 0.356 e. The minimum Gasteiger partial charge on any atom is -0.356 e. The van der Waals surface area contributed by atoms with Gasteiger partial charge < -0.3 is 14.7 Å². The van der Waals surface area contributed by atoms with Gasteiger partial charge in [0.25, 0.3) is 0 Å². The zero-order valence-corrected chi connectivity index (χ0v) is 16.1. The van der Waals surface area contributed by atoms with Crippen molar-refractivity contribution in [1.29, 1.82) is 0 Å². The standard InChI is InChI=1S/C20H29N5O2/c1-25(17-6-3-2-4-7-17)15-5-12-22-18(26)8-9-19-23-20(24-27-19)16-10-13-21-14-11-16/h10-11,13-14,17H,2-9,12,15H2,1H3,(H,22,26). The molecule has 1 amide bonds. The van der Waals surface area contributed by atoms with Crippen LogP contribution in [-0.2, 0) is 11.2 Å². The van der Waals surface area contributed by atoms with E-state index in [1.54, 1.807) is 12.4 Å². The molecule has 2 aromatic rings. The fourth-order valence-corrected chi connectivity index (χ4v) is 3.54. The molecule has 7 nitrogen and oxygen atoms in total. The van der Waals surface area contributed by atoms with Gasteiger partial charge in [-0.3, -0.25) is 9.78 Å². The van der Waals surface area contributed by atoms with Crippen LogP contribution in [0.15, 0.2) is 29.0 Å². The highest BCUT2D eigenvalue weighted by molar-refractivity contribution is 5.75. The van der Waals surface area contributed by atoms with Gasteiger partial charge in [0.1, 0.15) is 0 Å². The van der Waals surface area contributed by atoms with Gasteiger partial charge in [-0.05, 0) is 45.0 Å². The average molecular weight is 371 g/mol. The van der Waals surface area contributed by atoms with Crippen LogP contribution in [0.3, 0.4) is 0 Å². The van der Waals surface area contributed by atoms with Crippen molar-refractivity contribution in [1.82, 2.24) is 25.3 Å². The Hall–Kier alpha value is -2.28. The third kappa shape index (κ3) is 6.13. The van der Waals surface area contributed by atoms with Crippen LogP contribution in [0.5, 0.6) is 0 Å². The van der Waals surface area contributed by atoms with Crippen LogP contribution < -0.4 is 5.32 Å². The SMILES string of the molecule is CN(CCCNC(=O)CCc1nc(-c2ccncc2)no1)C1CCCCC1. The molecular weight excluding hydrogens is 342 g/mol. The predicted molar refractivity (Wildman–Crippen MR) is 103 cm³/mol. The molecule has 2 aromatic heterocycles. The van der Waals surface area contributed by atoms with Crippen molar-refractivity contribution >= 4 is 5.91 Å². The highest BCUT2D eigenvalue weighted by Crippen LogP contribution is 2.21. The van der Waals surface area contributed by atoms with Gasteiger partial charge in [-0.1, -0.05) is 24.4 Å². The molecule has 0 radical (unpaired) electrons. The lowest BCUT2D eigenvalue weighted by molar-refractivity contribution is -0.121. The second-order valence-corrected chi connectivity index (χ2v) is 7.22. The average Bonchev–Trinajstić information content (AvgIpc) is 3.20. The predicted octanol–water partition coefficient (Wildman–Crippen LogP) is 2.84. The molecule has 1 aliphatic rings. The third-order valence-electron chi connectivity index (χ3n) is 5.18. The van der Waals surface area contributed by atoms with Crippen molar-refractivity contribution in [2.24, 2.45) is 0 Å². The second kappa shape index (κ2) is 10.2. The van der Waals surface area contributed by atoms with Gasteiger partial charge in [-0.2, -0.15) is 4.98 Å². The number of carbonyl (C=O) groups excluding carboxylic acids is 1. The molecular formula is C20H29N5O2. The minimum atomic E-state index is 0.0268. The van der Waals surface area contributed by atoms with E-state index in [1.807, 2.05) is 12.1 Å². The lowest BCUT2D eigenvalue weighted by atomic mass is 9.94. The number of pyridine rings is 1. The molecule has 1 N–H and O–H groups in total. The van der Waals surface area contributed by atoms with E-state index >= 15 is 0 Å². The maximum Gasteiger partial charge on any atom is 0.227 e. The molecule has 1 aliphatic carbocycles. The highest BCUT2D eigenvalue weighted by Gasteiger charge is 2.17. The quantitative estimate of drug-likeness (QED) is 0.683. The Morgan fingerprint density at radius 2 is 2.04 bits per heavy atom. The molecule has 1 fully saturated rings. The maximum atomic E-state index is 12.0. The van der Waals surface area contributed by atoms with Crippen molar-refractivity contribution in [2.75, 3.05) is 20.1 Å². The summed E-state index contributed by atoms with van der Waals surface area (Å²) in [6.07, 6.45) is 11.9. The van der Waals surface area contributed by atoms with Crippen molar-refractivity contribution in [3.63, 3.8) is 0 Å². The number of hydrogen-bond donors (Lipinski definition) is 1. The summed E-state index contributed by atoms with van der Waals surface area (Å²) < 4.78 is 5.23. The Morgan fingerprint density at radius 1 is 1.26 bits per heavy atom. The number of aryl methyl sites for hydroxylation is 1. The van der Waals surface area contributed by atoms with Gasteiger partial charge in [0.2, 0.25) is 17.6 Å². The fourth-order valence-electron chi connectivity index (χ4n) is 3.54. The van der Waals surface area contributed by atoms with Gasteiger partial charge in [0.05, 0.1) is 0 Å². The lowest BCUT2D eigenvalue weighted by Crippen LogP contribution is -2.35. The fraction of sp³-hybridized carbons (Fsp3) is 0.600. The summed E-state index contributed by atoms with van der Waals surface area (Å²) in [5, 5.41) is 6.94. The van der Waals surface area contributed by atoms with E-state index in [0.29, 0.717) is 31.1 Å². The Kier molecular flexibility index (Phi) is 7.33. The summed E-state index contributed by atoms with van der Waals surface area (Å²) in [7, 11) is 2.20. The monoisotopic (exact) mass is 371 g/mol. The van der Waals surface area contributed by atoms with Crippen LogP contribution >= 0.6 is 0 Å². The lowest BCUT2D eigenvalue weighted by Gasteiger charge is -2.31. The van der Waals surface area contributed by atoms with Crippen molar-refractivity contribution in [3.8, 4) is 11.4 Å². The smallest absolute Gasteiger partial charge is 0.227 e. The van der Waals surface area contributed by atoms with Crippen LogP contribution in [0.25, 0.3) is 11.4 Å². The number of rotatable bonds is 9. The molecule has 0 aliphatic heterocycles. The molecule has 27 heavy (non-hydrogen) atoms. The zero-order chi connectivity index (χ0) is 18.9. The number of aromatic nitrogens is 3. The first-order chi connectivity index (χ1) is 13.2. The topological polar surface area (TPSA) is 84.2 Å². The van der Waals surface area contributed by atoms with Gasteiger partial charge in [0.15, 0.2) is 0 Å². The molecule has 0 spiro atoms. The van der Waals surface area contributed by atoms with Crippen molar-refractivity contribution in [3.05, 3.63) is 30.4 Å². The number of nitrogens with zero attached hydrogens (tertiary/aromatic N) is 4. The number of carbonyl (C=O) groups is 1. The van der Waals surface area contributed by atoms with E-state index in [0.717, 1.165) is 24.6 Å². The van der Waals surface area contributed by atoms with Crippen LogP contribution in [-0.4, -0.2) is 52.1 Å². The second-order valence-electron chi connectivity index (χ2n) is 7.22. The zero-order valence-electron chi connectivity index (χ0n) is 16.1. The molecule has 0 saturated heterocycles. The number of hydrogen-bond acceptors (Lipinski definition) is 6. The third-order valence-corrected chi connectivity index (χ3v) is 5.18. The normalized spacial score (nSPS) is 15.2. The summed E-state index contributed by atoms with van der Waals surface area (Å²) in [4.78, 5) is 22.8. The minimum absolute atomic E-state index is 0.0268. The Balaban J connectivity index is 1.31. The van der Waals surface area contributed by atoms with E-state index in [9.17, 15) is 4.79 Å². The van der Waals surface area contributed by atoms with Crippen LogP contribution in [0.4, 0.5) is 0 Å². The van der Waals surface area contributed by atoms with Crippen LogP contribution in [0.1, 0.15) is 50.8 Å². The molecule has 146 valence electrons. The van der Waals surface area contributed by atoms with Gasteiger partial charge in [-0.25, -0.2) is 0 Å². The molecule has 0 atom stereocenters. The van der Waals surface area contributed by atoms with Crippen LogP contribution in [0.2, 0.25) is 0 Å². The van der Waals surface area contributed by atoms with Crippen molar-refractivity contribution in [2.45, 2.75) is 57.4 Å². The molecule has 3 rings (SSSR count). The maximum absolute atomic E-state index is 12.0. The van der Waals surface area contributed by atoms with E-state index in [2.05, 4.69) is 32.4 Å². The highest BCUT2D eigenvalue weighted by atomic mass is 16.5. The van der Waals surface area contributed by atoms with E-state index in [4.69, 9.17) is 4.52 Å². The van der Waals surface area contributed by atoms with Gasteiger partial charge >= 0.3 is 0 Å². The van der Waals surface area contributed by atoms with Crippen molar-refractivity contribution < 1.29 is 9.32 Å². The van der Waals surface area contributed by atoms with Gasteiger partial charge in [0, 0.05) is 43.4 Å². The number of nitrogens with one attached hydrogen (secondary N) is 1. The summed E-state index contributed by atoms with van der Waals surface area (Å²) >= 11 is 0. The van der Waals surface area contributed by atoms with Gasteiger partial charge in [-0.15, -0.1) is 0 Å². The summed E-state index contributed by atoms with van der Waals surface area (Å²) in [6.45, 7) is 1.74.